The molecule has 0 aliphatic rings. The third-order valence-electron chi connectivity index (χ3n) is 2.71. The van der Waals surface area contributed by atoms with Crippen LogP contribution >= 0.6 is 11.6 Å². The van der Waals surface area contributed by atoms with E-state index < -0.39 is 0 Å². The molecule has 0 bridgehead atoms. The highest BCUT2D eigenvalue weighted by Crippen LogP contribution is 2.24. The van der Waals surface area contributed by atoms with Crippen molar-refractivity contribution in [2.24, 2.45) is 0 Å². The lowest BCUT2D eigenvalue weighted by atomic mass is 10.0. The number of rotatable bonds is 3. The van der Waals surface area contributed by atoms with Crippen molar-refractivity contribution >= 4 is 11.6 Å². The topological polar surface area (TPSA) is 47.9 Å². The summed E-state index contributed by atoms with van der Waals surface area (Å²) >= 11 is 5.89. The Balaban J connectivity index is 2.53. The van der Waals surface area contributed by atoms with E-state index in [0.29, 0.717) is 12.4 Å². The Labute approximate surface area is 111 Å². The first-order valence-electron chi connectivity index (χ1n) is 5.72. The van der Waals surface area contributed by atoms with Crippen LogP contribution in [0.15, 0.2) is 18.2 Å². The van der Waals surface area contributed by atoms with Gasteiger partial charge < -0.3 is 4.74 Å². The maximum atomic E-state index is 5.89. The van der Waals surface area contributed by atoms with Crippen LogP contribution in [-0.4, -0.2) is 21.6 Å². The zero-order valence-corrected chi connectivity index (χ0v) is 11.3. The summed E-state index contributed by atoms with van der Waals surface area (Å²) in [5.41, 5.74) is 3.25. The number of hydrogen-bond acceptors (Lipinski definition) is 4. The summed E-state index contributed by atoms with van der Waals surface area (Å²) in [4.78, 5) is 12.3. The van der Waals surface area contributed by atoms with Crippen molar-refractivity contribution in [1.29, 1.82) is 0 Å². The summed E-state index contributed by atoms with van der Waals surface area (Å²) < 4.78 is 5.27. The average Bonchev–Trinajstić information content (AvgIpc) is 2.32. The van der Waals surface area contributed by atoms with Gasteiger partial charge in [-0.05, 0) is 43.5 Å². The van der Waals surface area contributed by atoms with Gasteiger partial charge in [0.05, 0.1) is 6.61 Å². The molecule has 0 N–H and O–H groups in total. The van der Waals surface area contributed by atoms with Crippen LogP contribution in [0.1, 0.15) is 18.1 Å². The molecule has 0 atom stereocenters. The van der Waals surface area contributed by atoms with Crippen LogP contribution in [0.25, 0.3) is 11.4 Å². The molecular weight excluding hydrogens is 250 g/mol. The highest BCUT2D eigenvalue weighted by atomic mass is 35.5. The third-order valence-corrected chi connectivity index (χ3v) is 2.88. The van der Waals surface area contributed by atoms with E-state index in [4.69, 9.17) is 16.3 Å². The van der Waals surface area contributed by atoms with Crippen LogP contribution in [0.2, 0.25) is 5.28 Å². The van der Waals surface area contributed by atoms with E-state index in [1.165, 1.54) is 5.56 Å². The first kappa shape index (κ1) is 12.8. The van der Waals surface area contributed by atoms with Gasteiger partial charge in [-0.2, -0.15) is 15.0 Å². The van der Waals surface area contributed by atoms with Gasteiger partial charge >= 0.3 is 6.01 Å². The van der Waals surface area contributed by atoms with Crippen LogP contribution in [-0.2, 0) is 0 Å². The fourth-order valence-electron chi connectivity index (χ4n) is 1.64. The van der Waals surface area contributed by atoms with Gasteiger partial charge in [-0.3, -0.25) is 0 Å². The molecule has 4 nitrogen and oxygen atoms in total. The summed E-state index contributed by atoms with van der Waals surface area (Å²) in [6.07, 6.45) is 0. The molecule has 0 aliphatic carbocycles. The molecule has 2 rings (SSSR count). The zero-order valence-electron chi connectivity index (χ0n) is 10.6. The largest absolute Gasteiger partial charge is 0.464 e. The van der Waals surface area contributed by atoms with Crippen LogP contribution < -0.4 is 4.74 Å². The molecule has 1 heterocycles. The Hall–Kier alpha value is -1.68. The van der Waals surface area contributed by atoms with Crippen molar-refractivity contribution in [2.45, 2.75) is 20.8 Å². The van der Waals surface area contributed by atoms with Gasteiger partial charge in [0.1, 0.15) is 0 Å². The van der Waals surface area contributed by atoms with Gasteiger partial charge in [0.15, 0.2) is 5.82 Å². The Morgan fingerprint density at radius 2 is 1.94 bits per heavy atom. The maximum absolute atomic E-state index is 5.89. The van der Waals surface area contributed by atoms with Crippen molar-refractivity contribution in [2.75, 3.05) is 6.61 Å². The van der Waals surface area contributed by atoms with Gasteiger partial charge in [0.25, 0.3) is 0 Å². The van der Waals surface area contributed by atoms with Crippen LogP contribution in [0.5, 0.6) is 6.01 Å². The van der Waals surface area contributed by atoms with Gasteiger partial charge in [-0.15, -0.1) is 0 Å². The average molecular weight is 264 g/mol. The molecule has 94 valence electrons. The van der Waals surface area contributed by atoms with E-state index in [1.807, 2.05) is 39.0 Å². The third kappa shape index (κ3) is 2.59. The van der Waals surface area contributed by atoms with E-state index >= 15 is 0 Å². The number of ether oxygens (including phenoxy) is 1. The maximum Gasteiger partial charge on any atom is 0.321 e. The van der Waals surface area contributed by atoms with Gasteiger partial charge in [-0.25, -0.2) is 0 Å². The number of nitrogens with zero attached hydrogens (tertiary/aromatic N) is 3. The van der Waals surface area contributed by atoms with Crippen molar-refractivity contribution in [3.63, 3.8) is 0 Å². The summed E-state index contributed by atoms with van der Waals surface area (Å²) in [5, 5.41) is 0.143. The van der Waals surface area contributed by atoms with E-state index in [1.54, 1.807) is 0 Å². The molecule has 18 heavy (non-hydrogen) atoms. The van der Waals surface area contributed by atoms with E-state index in [0.717, 1.165) is 11.1 Å². The van der Waals surface area contributed by atoms with Crippen LogP contribution in [0.4, 0.5) is 0 Å². The summed E-state index contributed by atoms with van der Waals surface area (Å²) in [7, 11) is 0. The fraction of sp³-hybridized carbons (Fsp3) is 0.308. The number of halogens is 1. The molecule has 0 saturated carbocycles. The minimum atomic E-state index is 0.143. The number of aryl methyl sites for hydroxylation is 1. The van der Waals surface area contributed by atoms with Crippen molar-refractivity contribution in [1.82, 2.24) is 15.0 Å². The normalized spacial score (nSPS) is 10.4. The second-order valence-electron chi connectivity index (χ2n) is 3.89. The first-order chi connectivity index (χ1) is 8.61. The first-order valence-corrected chi connectivity index (χ1v) is 6.10. The lowest BCUT2D eigenvalue weighted by molar-refractivity contribution is 0.312. The zero-order chi connectivity index (χ0) is 13.1. The molecule has 0 spiro atoms. The monoisotopic (exact) mass is 263 g/mol. The molecule has 0 radical (unpaired) electrons. The Kier molecular flexibility index (Phi) is 3.77. The Bertz CT molecular complexity index is 572. The SMILES string of the molecule is CCOc1nc(Cl)nc(-c2cccc(C)c2C)n1. The number of hydrogen-bond donors (Lipinski definition) is 0. The fourth-order valence-corrected chi connectivity index (χ4v) is 1.79. The van der Waals surface area contributed by atoms with E-state index in [9.17, 15) is 0 Å². The Morgan fingerprint density at radius 1 is 1.17 bits per heavy atom. The van der Waals surface area contributed by atoms with Gasteiger partial charge in [0.2, 0.25) is 5.28 Å². The van der Waals surface area contributed by atoms with Crippen molar-refractivity contribution in [3.8, 4) is 17.4 Å². The molecule has 0 aliphatic heterocycles. The molecule has 1 aromatic heterocycles. The molecule has 0 saturated heterocycles. The van der Waals surface area contributed by atoms with Crippen LogP contribution in [0.3, 0.4) is 0 Å². The molecule has 0 amide bonds. The van der Waals surface area contributed by atoms with E-state index in [2.05, 4.69) is 15.0 Å². The number of aromatic nitrogens is 3. The van der Waals surface area contributed by atoms with Crippen LogP contribution in [0, 0.1) is 13.8 Å². The second kappa shape index (κ2) is 5.31. The van der Waals surface area contributed by atoms with Gasteiger partial charge in [-0.1, -0.05) is 18.2 Å². The lowest BCUT2D eigenvalue weighted by Crippen LogP contribution is -2.02. The summed E-state index contributed by atoms with van der Waals surface area (Å²) in [6.45, 7) is 6.44. The predicted octanol–water partition coefficient (Wildman–Crippen LogP) is 3.21. The molecule has 0 unspecified atom stereocenters. The minimum Gasteiger partial charge on any atom is -0.464 e. The predicted molar refractivity (Wildman–Crippen MR) is 70.9 cm³/mol. The van der Waals surface area contributed by atoms with Gasteiger partial charge in [0, 0.05) is 5.56 Å². The Morgan fingerprint density at radius 3 is 2.67 bits per heavy atom. The van der Waals surface area contributed by atoms with Crippen molar-refractivity contribution in [3.05, 3.63) is 34.6 Å². The highest BCUT2D eigenvalue weighted by Gasteiger charge is 2.10. The molecule has 5 heteroatoms. The second-order valence-corrected chi connectivity index (χ2v) is 4.23. The minimum absolute atomic E-state index is 0.143. The van der Waals surface area contributed by atoms with E-state index in [-0.39, 0.29) is 11.3 Å². The highest BCUT2D eigenvalue weighted by molar-refractivity contribution is 6.28. The van der Waals surface area contributed by atoms with Crippen molar-refractivity contribution < 1.29 is 4.74 Å². The molecule has 2 aromatic rings. The standard InChI is InChI=1S/C13H14ClN3O/c1-4-18-13-16-11(15-12(14)17-13)10-7-5-6-8(2)9(10)3/h5-7H,4H2,1-3H3. The lowest BCUT2D eigenvalue weighted by Gasteiger charge is -2.08. The molecular formula is C13H14ClN3O. The number of benzene rings is 1. The quantitative estimate of drug-likeness (QED) is 0.853. The molecule has 1 aromatic carbocycles. The molecule has 0 fully saturated rings. The summed E-state index contributed by atoms with van der Waals surface area (Å²) in [5.74, 6) is 0.541. The summed E-state index contributed by atoms with van der Waals surface area (Å²) in [6, 6.07) is 6.23. The smallest absolute Gasteiger partial charge is 0.321 e.